The minimum atomic E-state index is -0.0677. The third-order valence-corrected chi connectivity index (χ3v) is 6.61. The Hall–Kier alpha value is -3.44. The van der Waals surface area contributed by atoms with E-state index in [1.807, 2.05) is 18.3 Å². The molecule has 0 aliphatic carbocycles. The van der Waals surface area contributed by atoms with E-state index in [-0.39, 0.29) is 12.1 Å². The molecule has 0 saturated carbocycles. The molecule has 2 atom stereocenters. The fourth-order valence-corrected chi connectivity index (χ4v) is 4.95. The maximum absolute atomic E-state index is 5.89. The van der Waals surface area contributed by atoms with Gasteiger partial charge < -0.3 is 14.8 Å². The highest BCUT2D eigenvalue weighted by Crippen LogP contribution is 2.42. The van der Waals surface area contributed by atoms with E-state index >= 15 is 0 Å². The van der Waals surface area contributed by atoms with E-state index in [2.05, 4.69) is 113 Å². The Bertz CT molecular complexity index is 1260. The molecular weight excluding hydrogens is 424 g/mol. The summed E-state index contributed by atoms with van der Waals surface area (Å²) in [5.41, 5.74) is 6.91. The molecule has 0 amide bonds. The van der Waals surface area contributed by atoms with Crippen molar-refractivity contribution in [2.24, 2.45) is 0 Å². The summed E-state index contributed by atoms with van der Waals surface area (Å²) in [5.74, 6) is 0.485. The second-order valence-corrected chi connectivity index (χ2v) is 9.27. The molecule has 5 heteroatoms. The lowest BCUT2D eigenvalue weighted by atomic mass is 9.99. The van der Waals surface area contributed by atoms with Crippen LogP contribution in [0.15, 0.2) is 91.3 Å². The Morgan fingerprint density at radius 3 is 2.42 bits per heavy atom. The van der Waals surface area contributed by atoms with Gasteiger partial charge in [-0.3, -0.25) is 4.98 Å². The van der Waals surface area contributed by atoms with Crippen molar-refractivity contribution in [3.63, 3.8) is 0 Å². The molecule has 1 N–H and O–H groups in total. The zero-order chi connectivity index (χ0) is 22.9. The normalized spacial score (nSPS) is 18.1. The lowest BCUT2D eigenvalue weighted by molar-refractivity contribution is 0.549. The molecule has 3 heterocycles. The standard InChI is InChI=1S/C28H28N4S/c1-19(2)21-12-14-22(15-13-21)32-27(26(30-28(32)33)24-10-4-5-16-29-24)25-11-7-17-31(25)23-9-6-8-20(3)18-23/h4-19,26-27H,1-3H3,(H,30,33)/t26-,27+/m0/s1. The van der Waals surface area contributed by atoms with Gasteiger partial charge in [-0.25, -0.2) is 0 Å². The Morgan fingerprint density at radius 1 is 0.909 bits per heavy atom. The topological polar surface area (TPSA) is 33.1 Å². The second kappa shape index (κ2) is 8.83. The molecule has 33 heavy (non-hydrogen) atoms. The van der Waals surface area contributed by atoms with Gasteiger partial charge in [0.1, 0.15) is 6.04 Å². The lowest BCUT2D eigenvalue weighted by Crippen LogP contribution is -2.30. The lowest BCUT2D eigenvalue weighted by Gasteiger charge is -2.29. The van der Waals surface area contributed by atoms with Crippen LogP contribution in [0.3, 0.4) is 0 Å². The smallest absolute Gasteiger partial charge is 0.174 e. The van der Waals surface area contributed by atoms with E-state index in [1.165, 1.54) is 11.1 Å². The quantitative estimate of drug-likeness (QED) is 0.351. The highest BCUT2D eigenvalue weighted by atomic mass is 32.1. The van der Waals surface area contributed by atoms with Gasteiger partial charge in [-0.1, -0.05) is 44.2 Å². The summed E-state index contributed by atoms with van der Waals surface area (Å²) < 4.78 is 2.26. The monoisotopic (exact) mass is 452 g/mol. The number of aryl methyl sites for hydroxylation is 1. The summed E-state index contributed by atoms with van der Waals surface area (Å²) in [6.07, 6.45) is 3.97. The number of hydrogen-bond donors (Lipinski definition) is 1. The molecule has 4 nitrogen and oxygen atoms in total. The Balaban J connectivity index is 1.64. The largest absolute Gasteiger partial charge is 0.351 e. The molecule has 166 valence electrons. The van der Waals surface area contributed by atoms with Crippen LogP contribution in [-0.4, -0.2) is 14.7 Å². The molecule has 1 aliphatic rings. The van der Waals surface area contributed by atoms with Crippen molar-refractivity contribution in [3.05, 3.63) is 114 Å². The van der Waals surface area contributed by atoms with Crippen molar-refractivity contribution in [2.45, 2.75) is 38.8 Å². The maximum atomic E-state index is 5.89. The van der Waals surface area contributed by atoms with Crippen LogP contribution in [0.4, 0.5) is 5.69 Å². The summed E-state index contributed by atoms with van der Waals surface area (Å²) in [6, 6.07) is 27.6. The maximum Gasteiger partial charge on any atom is 0.174 e. The van der Waals surface area contributed by atoms with Gasteiger partial charge in [0.25, 0.3) is 0 Å². The SMILES string of the molecule is Cc1cccc(-n2cccc2[C@@H]2[C@H](c3ccccn3)NC(=S)N2c2ccc(C(C)C)cc2)c1. The van der Waals surface area contributed by atoms with E-state index in [0.29, 0.717) is 11.0 Å². The molecule has 1 saturated heterocycles. The minimum absolute atomic E-state index is 0.0483. The van der Waals surface area contributed by atoms with Crippen molar-refractivity contribution >= 4 is 23.0 Å². The summed E-state index contributed by atoms with van der Waals surface area (Å²) in [5, 5.41) is 4.28. The van der Waals surface area contributed by atoms with Gasteiger partial charge in [0.05, 0.1) is 11.7 Å². The number of rotatable bonds is 5. The summed E-state index contributed by atoms with van der Waals surface area (Å²) >= 11 is 5.89. The predicted molar refractivity (Wildman–Crippen MR) is 139 cm³/mol. The Morgan fingerprint density at radius 2 is 1.73 bits per heavy atom. The van der Waals surface area contributed by atoms with Gasteiger partial charge >= 0.3 is 0 Å². The first kappa shape index (κ1) is 21.4. The zero-order valence-corrected chi connectivity index (χ0v) is 20.0. The molecule has 1 aliphatic heterocycles. The molecule has 0 radical (unpaired) electrons. The van der Waals surface area contributed by atoms with Crippen LogP contribution < -0.4 is 10.2 Å². The van der Waals surface area contributed by atoms with E-state index in [0.717, 1.165) is 22.8 Å². The number of thiocarbonyl (C=S) groups is 1. The Kier molecular flexibility index (Phi) is 5.73. The molecule has 4 aromatic rings. The van der Waals surface area contributed by atoms with Crippen LogP contribution in [0.1, 0.15) is 54.4 Å². The molecule has 2 aromatic heterocycles. The first-order chi connectivity index (χ1) is 16.0. The van der Waals surface area contributed by atoms with Crippen LogP contribution in [-0.2, 0) is 0 Å². The third-order valence-electron chi connectivity index (χ3n) is 6.30. The first-order valence-corrected chi connectivity index (χ1v) is 11.8. The van der Waals surface area contributed by atoms with Crippen molar-refractivity contribution in [1.82, 2.24) is 14.9 Å². The molecule has 2 aromatic carbocycles. The number of aromatic nitrogens is 2. The molecule has 0 bridgehead atoms. The summed E-state index contributed by atoms with van der Waals surface area (Å²) in [4.78, 5) is 6.92. The zero-order valence-electron chi connectivity index (χ0n) is 19.1. The minimum Gasteiger partial charge on any atom is -0.351 e. The highest BCUT2D eigenvalue weighted by molar-refractivity contribution is 7.80. The first-order valence-electron chi connectivity index (χ1n) is 11.4. The average molecular weight is 453 g/mol. The van der Waals surface area contributed by atoms with E-state index in [1.54, 1.807) is 0 Å². The van der Waals surface area contributed by atoms with E-state index in [4.69, 9.17) is 12.2 Å². The third kappa shape index (κ3) is 4.05. The molecule has 5 rings (SSSR count). The van der Waals surface area contributed by atoms with Crippen molar-refractivity contribution in [2.75, 3.05) is 4.90 Å². The van der Waals surface area contributed by atoms with Crippen LogP contribution >= 0.6 is 12.2 Å². The fraction of sp³-hybridized carbons (Fsp3) is 0.214. The van der Waals surface area contributed by atoms with Gasteiger partial charge in [0.15, 0.2) is 5.11 Å². The van der Waals surface area contributed by atoms with Gasteiger partial charge in [0.2, 0.25) is 0 Å². The summed E-state index contributed by atoms with van der Waals surface area (Å²) in [7, 11) is 0. The van der Waals surface area contributed by atoms with Crippen LogP contribution in [0.25, 0.3) is 5.69 Å². The van der Waals surface area contributed by atoms with Crippen molar-refractivity contribution in [1.29, 1.82) is 0 Å². The van der Waals surface area contributed by atoms with Crippen LogP contribution in [0, 0.1) is 6.92 Å². The van der Waals surface area contributed by atoms with E-state index < -0.39 is 0 Å². The molecule has 0 spiro atoms. The van der Waals surface area contributed by atoms with Crippen LogP contribution in [0.2, 0.25) is 0 Å². The number of nitrogens with zero attached hydrogens (tertiary/aromatic N) is 3. The second-order valence-electron chi connectivity index (χ2n) is 8.88. The number of pyridine rings is 1. The van der Waals surface area contributed by atoms with E-state index in [9.17, 15) is 0 Å². The van der Waals surface area contributed by atoms with Crippen molar-refractivity contribution < 1.29 is 0 Å². The highest BCUT2D eigenvalue weighted by Gasteiger charge is 2.42. The van der Waals surface area contributed by atoms with Gasteiger partial charge in [-0.05, 0) is 84.7 Å². The molecule has 1 fully saturated rings. The van der Waals surface area contributed by atoms with Crippen molar-refractivity contribution in [3.8, 4) is 5.69 Å². The fourth-order valence-electron chi connectivity index (χ4n) is 4.60. The molecule has 0 unspecified atom stereocenters. The van der Waals surface area contributed by atoms with Gasteiger partial charge in [-0.2, -0.15) is 0 Å². The number of anilines is 1. The Labute approximate surface area is 200 Å². The average Bonchev–Trinajstić information content (AvgIpc) is 3.44. The molecular formula is C28H28N4S. The van der Waals surface area contributed by atoms with Gasteiger partial charge in [0, 0.05) is 29.5 Å². The number of nitrogens with one attached hydrogen (secondary N) is 1. The summed E-state index contributed by atoms with van der Waals surface area (Å²) in [6.45, 7) is 6.55. The number of benzene rings is 2. The van der Waals surface area contributed by atoms with Crippen LogP contribution in [0.5, 0.6) is 0 Å². The van der Waals surface area contributed by atoms with Gasteiger partial charge in [-0.15, -0.1) is 0 Å². The predicted octanol–water partition coefficient (Wildman–Crippen LogP) is 6.48. The number of hydrogen-bond acceptors (Lipinski definition) is 2.